The molecule has 0 aliphatic rings. The molecule has 0 aromatic rings. The third-order valence-corrected chi connectivity index (χ3v) is 0.243. The molecule has 6 heteroatoms. The van der Waals surface area contributed by atoms with Crippen LogP contribution in [-0.4, -0.2) is 41.2 Å². The summed E-state index contributed by atoms with van der Waals surface area (Å²) < 4.78 is 31.7. The predicted molar refractivity (Wildman–Crippen MR) is 19.4 cm³/mol. The molecule has 4 radical (unpaired) electrons. The van der Waals surface area contributed by atoms with Crippen LogP contribution in [0.5, 0.6) is 0 Å². The number of carbonyl (C=O) groups is 1. The van der Waals surface area contributed by atoms with E-state index in [1.54, 1.807) is 0 Å². The number of carboxylic acids is 1. The molecule has 0 spiro atoms. The first-order valence-corrected chi connectivity index (χ1v) is 1.24. The van der Waals surface area contributed by atoms with Crippen LogP contribution >= 0.6 is 0 Å². The van der Waals surface area contributed by atoms with Crippen LogP contribution in [0.25, 0.3) is 0 Å². The zero-order valence-electron chi connectivity index (χ0n) is 3.49. The Morgan fingerprint density at radius 1 is 1.38 bits per heavy atom. The van der Waals surface area contributed by atoms with Gasteiger partial charge in [0, 0.05) is 23.9 Å². The Hall–Kier alpha value is 0.0587. The molecule has 2 nitrogen and oxygen atoms in total. The van der Waals surface area contributed by atoms with E-state index in [1.165, 1.54) is 0 Å². The SMILES string of the molecule is O=C(O)C(F)(F)F.[Sn]. The summed E-state index contributed by atoms with van der Waals surface area (Å²) in [6.07, 6.45) is -5.08. The number of hydrogen-bond donors (Lipinski definition) is 1. The average molecular weight is 233 g/mol. The molecular formula is C2HF3O2Sn. The van der Waals surface area contributed by atoms with E-state index in [9.17, 15) is 13.2 Å². The Labute approximate surface area is 59.6 Å². The van der Waals surface area contributed by atoms with Crippen molar-refractivity contribution in [2.45, 2.75) is 6.18 Å². The fourth-order valence-electron chi connectivity index (χ4n) is 0. The van der Waals surface area contributed by atoms with Crippen LogP contribution in [0.4, 0.5) is 13.2 Å². The molecule has 0 aromatic heterocycles. The van der Waals surface area contributed by atoms with Crippen molar-refractivity contribution in [3.05, 3.63) is 0 Å². The molecule has 0 rings (SSSR count). The molecule has 0 amide bonds. The number of aliphatic carboxylic acids is 1. The summed E-state index contributed by atoms with van der Waals surface area (Å²) in [7, 11) is 0. The van der Waals surface area contributed by atoms with Gasteiger partial charge < -0.3 is 5.11 Å². The fourth-order valence-corrected chi connectivity index (χ4v) is 0. The molecule has 1 N–H and O–H groups in total. The Morgan fingerprint density at radius 3 is 1.50 bits per heavy atom. The number of alkyl halides is 3. The fraction of sp³-hybridized carbons (Fsp3) is 0.500. The second-order valence-electron chi connectivity index (χ2n) is 0.803. The first kappa shape index (κ1) is 10.9. The van der Waals surface area contributed by atoms with Gasteiger partial charge in [0.2, 0.25) is 0 Å². The molecule has 0 aliphatic heterocycles. The van der Waals surface area contributed by atoms with Crippen molar-refractivity contribution in [2.24, 2.45) is 0 Å². The Bertz CT molecular complexity index is 87.8. The van der Waals surface area contributed by atoms with Crippen LogP contribution in [0.15, 0.2) is 0 Å². The van der Waals surface area contributed by atoms with Crippen molar-refractivity contribution < 1.29 is 23.1 Å². The van der Waals surface area contributed by atoms with E-state index in [1.807, 2.05) is 0 Å². The van der Waals surface area contributed by atoms with Gasteiger partial charge in [0.25, 0.3) is 0 Å². The summed E-state index contributed by atoms with van der Waals surface area (Å²) in [6, 6.07) is 0. The van der Waals surface area contributed by atoms with E-state index >= 15 is 0 Å². The predicted octanol–water partition coefficient (Wildman–Crippen LogP) is 0.253. The third-order valence-electron chi connectivity index (χ3n) is 0.243. The van der Waals surface area contributed by atoms with Crippen molar-refractivity contribution in [1.82, 2.24) is 0 Å². The smallest absolute Gasteiger partial charge is 0.475 e. The van der Waals surface area contributed by atoms with E-state index in [0.717, 1.165) is 0 Å². The van der Waals surface area contributed by atoms with Gasteiger partial charge in [-0.3, -0.25) is 0 Å². The third kappa shape index (κ3) is 4.22. The van der Waals surface area contributed by atoms with Gasteiger partial charge in [-0.1, -0.05) is 0 Å². The Balaban J connectivity index is 0. The van der Waals surface area contributed by atoms with Crippen molar-refractivity contribution in [3.63, 3.8) is 0 Å². The molecule has 0 aliphatic carbocycles. The van der Waals surface area contributed by atoms with Crippen molar-refractivity contribution in [2.75, 3.05) is 0 Å². The number of hydrogen-bond acceptors (Lipinski definition) is 1. The molecule has 0 aromatic carbocycles. The topological polar surface area (TPSA) is 37.3 Å². The van der Waals surface area contributed by atoms with Gasteiger partial charge in [0.1, 0.15) is 0 Å². The average Bonchev–Trinajstić information content (AvgIpc) is 1.31. The summed E-state index contributed by atoms with van der Waals surface area (Å²) in [5, 5.41) is 7.12. The molecule has 46 valence electrons. The first-order valence-electron chi connectivity index (χ1n) is 1.24. The first-order chi connectivity index (χ1) is 2.94. The quantitative estimate of drug-likeness (QED) is 0.608. The van der Waals surface area contributed by atoms with E-state index in [0.29, 0.717) is 0 Å². The Kier molecular flexibility index (Phi) is 4.32. The van der Waals surface area contributed by atoms with Crippen LogP contribution in [-0.2, 0) is 4.79 Å². The molecule has 0 bridgehead atoms. The molecular weight excluding hydrogens is 232 g/mol. The normalized spacial score (nSPS) is 9.88. The summed E-state index contributed by atoms with van der Waals surface area (Å²) >= 11 is 0. The maximum atomic E-state index is 10.6. The zero-order valence-corrected chi connectivity index (χ0v) is 6.34. The minimum absolute atomic E-state index is 0. The molecule has 0 unspecified atom stereocenters. The zero-order chi connectivity index (χ0) is 6.08. The molecule has 8 heavy (non-hydrogen) atoms. The van der Waals surface area contributed by atoms with Gasteiger partial charge in [-0.2, -0.15) is 13.2 Å². The summed E-state index contributed by atoms with van der Waals surface area (Å²) in [6.45, 7) is 0. The van der Waals surface area contributed by atoms with Crippen molar-refractivity contribution in [1.29, 1.82) is 0 Å². The Morgan fingerprint density at radius 2 is 1.50 bits per heavy atom. The number of halogens is 3. The summed E-state index contributed by atoms with van der Waals surface area (Å²) in [5.41, 5.74) is 0. The van der Waals surface area contributed by atoms with E-state index < -0.39 is 12.1 Å². The standard InChI is InChI=1S/C2HF3O2.Sn/c3-2(4,5)1(6)7;/h(H,6,7);. The second kappa shape index (κ2) is 3.16. The number of carboxylic acid groups (broad SMARTS) is 1. The minimum atomic E-state index is -5.08. The molecule has 0 saturated heterocycles. The van der Waals surface area contributed by atoms with Crippen molar-refractivity contribution >= 4 is 29.9 Å². The van der Waals surface area contributed by atoms with E-state index in [4.69, 9.17) is 9.90 Å². The summed E-state index contributed by atoms with van der Waals surface area (Å²) in [5.74, 6) is -2.76. The molecule has 0 fully saturated rings. The van der Waals surface area contributed by atoms with Crippen LogP contribution < -0.4 is 0 Å². The molecule has 0 atom stereocenters. The molecule has 0 saturated carbocycles. The number of rotatable bonds is 0. The van der Waals surface area contributed by atoms with E-state index in [-0.39, 0.29) is 23.9 Å². The van der Waals surface area contributed by atoms with Crippen LogP contribution in [0.2, 0.25) is 0 Å². The maximum Gasteiger partial charge on any atom is 0.490 e. The second-order valence-corrected chi connectivity index (χ2v) is 0.803. The maximum absolute atomic E-state index is 10.6. The largest absolute Gasteiger partial charge is 0.490 e. The van der Waals surface area contributed by atoms with Gasteiger partial charge >= 0.3 is 12.1 Å². The van der Waals surface area contributed by atoms with Crippen molar-refractivity contribution in [3.8, 4) is 0 Å². The van der Waals surface area contributed by atoms with Gasteiger partial charge in [-0.15, -0.1) is 0 Å². The van der Waals surface area contributed by atoms with Crippen LogP contribution in [0.3, 0.4) is 0 Å². The summed E-state index contributed by atoms with van der Waals surface area (Å²) in [4.78, 5) is 8.90. The van der Waals surface area contributed by atoms with Gasteiger partial charge in [0.05, 0.1) is 0 Å². The minimum Gasteiger partial charge on any atom is -0.475 e. The van der Waals surface area contributed by atoms with Gasteiger partial charge in [-0.05, 0) is 0 Å². The monoisotopic (exact) mass is 234 g/mol. The van der Waals surface area contributed by atoms with E-state index in [2.05, 4.69) is 0 Å². The van der Waals surface area contributed by atoms with Crippen LogP contribution in [0, 0.1) is 0 Å². The molecule has 0 heterocycles. The van der Waals surface area contributed by atoms with Gasteiger partial charge in [-0.25, -0.2) is 4.79 Å². The van der Waals surface area contributed by atoms with Crippen LogP contribution in [0.1, 0.15) is 0 Å². The van der Waals surface area contributed by atoms with Gasteiger partial charge in [0.15, 0.2) is 0 Å².